The molecule has 0 aromatic heterocycles. The Labute approximate surface area is 140 Å². The van der Waals surface area contributed by atoms with Crippen LogP contribution >= 0.6 is 11.6 Å². The molecule has 2 rings (SSSR count). The average Bonchev–Trinajstić information content (AvgIpc) is 2.46. The van der Waals surface area contributed by atoms with Gasteiger partial charge < -0.3 is 0 Å². The standard InChI is InChI=1S/C14H15ClN2O4S2/c1-10(11-3-2-4-14(9-11)22(16,18)19)17-23(20,21)13-7-5-12(15)6-8-13/h2-10,17H,1H3,(H2,16,18,19)/t10-/m0/s1. The molecule has 2 aromatic rings. The lowest BCUT2D eigenvalue weighted by Crippen LogP contribution is -2.27. The second kappa shape index (κ2) is 6.58. The van der Waals surface area contributed by atoms with Gasteiger partial charge in [0.15, 0.2) is 0 Å². The summed E-state index contributed by atoms with van der Waals surface area (Å²) in [6.07, 6.45) is 0. The molecule has 0 radical (unpaired) electrons. The van der Waals surface area contributed by atoms with Gasteiger partial charge in [0.05, 0.1) is 9.79 Å². The molecule has 6 nitrogen and oxygen atoms in total. The maximum Gasteiger partial charge on any atom is 0.241 e. The molecule has 0 unspecified atom stereocenters. The van der Waals surface area contributed by atoms with Crippen molar-refractivity contribution in [2.24, 2.45) is 5.14 Å². The highest BCUT2D eigenvalue weighted by molar-refractivity contribution is 7.89. The van der Waals surface area contributed by atoms with Crippen molar-refractivity contribution in [1.82, 2.24) is 4.72 Å². The quantitative estimate of drug-likeness (QED) is 0.834. The van der Waals surface area contributed by atoms with Crippen LogP contribution in [0, 0.1) is 0 Å². The van der Waals surface area contributed by atoms with Crippen molar-refractivity contribution >= 4 is 31.6 Å². The number of halogens is 1. The van der Waals surface area contributed by atoms with Crippen molar-refractivity contribution in [3.05, 3.63) is 59.1 Å². The molecule has 0 aliphatic rings. The molecule has 23 heavy (non-hydrogen) atoms. The second-order valence-corrected chi connectivity index (χ2v) is 8.63. The normalized spacial score (nSPS) is 13.7. The van der Waals surface area contributed by atoms with E-state index in [4.69, 9.17) is 16.7 Å². The van der Waals surface area contributed by atoms with Gasteiger partial charge in [0, 0.05) is 11.1 Å². The number of benzene rings is 2. The molecule has 0 aliphatic carbocycles. The number of hydrogen-bond donors (Lipinski definition) is 2. The van der Waals surface area contributed by atoms with E-state index in [0.717, 1.165) is 0 Å². The van der Waals surface area contributed by atoms with Crippen LogP contribution in [0.25, 0.3) is 0 Å². The van der Waals surface area contributed by atoms with E-state index in [0.29, 0.717) is 10.6 Å². The third-order valence-corrected chi connectivity index (χ3v) is 5.86. The first-order chi connectivity index (χ1) is 10.6. The number of nitrogens with two attached hydrogens (primary N) is 1. The monoisotopic (exact) mass is 374 g/mol. The summed E-state index contributed by atoms with van der Waals surface area (Å²) in [7, 11) is -7.61. The van der Waals surface area contributed by atoms with Gasteiger partial charge in [-0.1, -0.05) is 23.7 Å². The molecule has 0 bridgehead atoms. The van der Waals surface area contributed by atoms with Crippen molar-refractivity contribution in [2.75, 3.05) is 0 Å². The number of sulfonamides is 2. The predicted octanol–water partition coefficient (Wildman–Crippen LogP) is 2.03. The van der Waals surface area contributed by atoms with E-state index in [1.54, 1.807) is 13.0 Å². The average molecular weight is 375 g/mol. The first-order valence-electron chi connectivity index (χ1n) is 6.50. The molecule has 0 amide bonds. The van der Waals surface area contributed by atoms with Gasteiger partial charge in [-0.3, -0.25) is 0 Å². The summed E-state index contributed by atoms with van der Waals surface area (Å²) in [5.74, 6) is 0. The van der Waals surface area contributed by atoms with E-state index >= 15 is 0 Å². The molecule has 0 aliphatic heterocycles. The fraction of sp³-hybridized carbons (Fsp3) is 0.143. The van der Waals surface area contributed by atoms with Crippen molar-refractivity contribution in [3.8, 4) is 0 Å². The van der Waals surface area contributed by atoms with Crippen LogP contribution in [0.5, 0.6) is 0 Å². The van der Waals surface area contributed by atoms with Gasteiger partial charge >= 0.3 is 0 Å². The van der Waals surface area contributed by atoms with Crippen LogP contribution in [0.2, 0.25) is 5.02 Å². The Morgan fingerprint density at radius 2 is 1.61 bits per heavy atom. The zero-order valence-corrected chi connectivity index (χ0v) is 14.5. The molecule has 124 valence electrons. The highest BCUT2D eigenvalue weighted by Crippen LogP contribution is 2.20. The molecule has 0 saturated carbocycles. The molecule has 0 spiro atoms. The highest BCUT2D eigenvalue weighted by atomic mass is 35.5. The van der Waals surface area contributed by atoms with Crippen molar-refractivity contribution in [2.45, 2.75) is 22.8 Å². The first-order valence-corrected chi connectivity index (χ1v) is 9.91. The maximum absolute atomic E-state index is 12.3. The van der Waals surface area contributed by atoms with Crippen LogP contribution in [0.3, 0.4) is 0 Å². The summed E-state index contributed by atoms with van der Waals surface area (Å²) in [5.41, 5.74) is 0.481. The van der Waals surface area contributed by atoms with E-state index in [2.05, 4.69) is 4.72 Å². The molecule has 0 fully saturated rings. The number of nitrogens with one attached hydrogen (secondary N) is 1. The largest absolute Gasteiger partial charge is 0.241 e. The Bertz CT molecular complexity index is 910. The summed E-state index contributed by atoms with van der Waals surface area (Å²) in [4.78, 5) is -0.0103. The number of rotatable bonds is 5. The van der Waals surface area contributed by atoms with Crippen molar-refractivity contribution in [1.29, 1.82) is 0 Å². The van der Waals surface area contributed by atoms with Crippen LogP contribution in [-0.4, -0.2) is 16.8 Å². The lowest BCUT2D eigenvalue weighted by molar-refractivity contribution is 0.566. The van der Waals surface area contributed by atoms with Crippen LogP contribution in [0.1, 0.15) is 18.5 Å². The fourth-order valence-corrected chi connectivity index (χ4v) is 3.87. The molecule has 2 aromatic carbocycles. The summed E-state index contributed by atoms with van der Waals surface area (Å²) in [6.45, 7) is 1.61. The van der Waals surface area contributed by atoms with Crippen LogP contribution in [-0.2, 0) is 20.0 Å². The minimum absolute atomic E-state index is 0.0661. The zero-order valence-electron chi connectivity index (χ0n) is 12.1. The first kappa shape index (κ1) is 17.9. The number of primary sulfonamides is 1. The van der Waals surface area contributed by atoms with Crippen LogP contribution in [0.4, 0.5) is 0 Å². The van der Waals surface area contributed by atoms with E-state index < -0.39 is 26.1 Å². The van der Waals surface area contributed by atoms with Crippen LogP contribution in [0.15, 0.2) is 58.3 Å². The summed E-state index contributed by atoms with van der Waals surface area (Å²) >= 11 is 5.74. The predicted molar refractivity (Wildman–Crippen MR) is 88.0 cm³/mol. The lowest BCUT2D eigenvalue weighted by atomic mass is 10.1. The third kappa shape index (κ3) is 4.52. The lowest BCUT2D eigenvalue weighted by Gasteiger charge is -2.15. The molecule has 1 atom stereocenters. The number of hydrogen-bond acceptors (Lipinski definition) is 4. The zero-order chi connectivity index (χ0) is 17.3. The van der Waals surface area contributed by atoms with Gasteiger partial charge in [-0.15, -0.1) is 0 Å². The maximum atomic E-state index is 12.3. The molecular weight excluding hydrogens is 360 g/mol. The van der Waals surface area contributed by atoms with E-state index in [1.165, 1.54) is 42.5 Å². The van der Waals surface area contributed by atoms with Gasteiger partial charge in [0.25, 0.3) is 0 Å². The SMILES string of the molecule is C[C@H](NS(=O)(=O)c1ccc(Cl)cc1)c1cccc(S(N)(=O)=O)c1. The van der Waals surface area contributed by atoms with Gasteiger partial charge in [-0.25, -0.2) is 26.7 Å². The van der Waals surface area contributed by atoms with Crippen molar-refractivity contribution in [3.63, 3.8) is 0 Å². The Morgan fingerprint density at radius 1 is 1.00 bits per heavy atom. The summed E-state index contributed by atoms with van der Waals surface area (Å²) in [6, 6.07) is 10.9. The van der Waals surface area contributed by atoms with E-state index in [-0.39, 0.29) is 9.79 Å². The Morgan fingerprint density at radius 3 is 2.17 bits per heavy atom. The van der Waals surface area contributed by atoms with Gasteiger partial charge in [0.2, 0.25) is 20.0 Å². The smallest absolute Gasteiger partial charge is 0.225 e. The molecule has 0 saturated heterocycles. The van der Waals surface area contributed by atoms with Gasteiger partial charge in [-0.2, -0.15) is 0 Å². The fourth-order valence-electron chi connectivity index (χ4n) is 1.94. The van der Waals surface area contributed by atoms with Crippen LogP contribution < -0.4 is 9.86 Å². The molecule has 9 heteroatoms. The van der Waals surface area contributed by atoms with Gasteiger partial charge in [-0.05, 0) is 48.9 Å². The third-order valence-electron chi connectivity index (χ3n) is 3.14. The topological polar surface area (TPSA) is 106 Å². The second-order valence-electron chi connectivity index (χ2n) is 4.91. The minimum Gasteiger partial charge on any atom is -0.225 e. The molecule has 3 N–H and O–H groups in total. The summed E-state index contributed by atoms with van der Waals surface area (Å²) in [5, 5.41) is 5.51. The Hall–Kier alpha value is -1.45. The van der Waals surface area contributed by atoms with E-state index in [1.807, 2.05) is 0 Å². The Kier molecular flexibility index (Phi) is 5.12. The highest BCUT2D eigenvalue weighted by Gasteiger charge is 2.19. The summed E-state index contributed by atoms with van der Waals surface area (Å²) < 4.78 is 49.9. The Balaban J connectivity index is 2.28. The minimum atomic E-state index is -3.85. The molecule has 0 heterocycles. The molecular formula is C14H15ClN2O4S2. The van der Waals surface area contributed by atoms with Gasteiger partial charge in [0.1, 0.15) is 0 Å². The van der Waals surface area contributed by atoms with Crippen molar-refractivity contribution < 1.29 is 16.8 Å². The van der Waals surface area contributed by atoms with E-state index in [9.17, 15) is 16.8 Å².